The maximum Gasteiger partial charge on any atom is 0.197 e. The van der Waals surface area contributed by atoms with E-state index in [0.29, 0.717) is 6.10 Å². The summed E-state index contributed by atoms with van der Waals surface area (Å²) < 4.78 is 11.9. The molecule has 2 rings (SSSR count). The van der Waals surface area contributed by atoms with Crippen molar-refractivity contribution in [3.05, 3.63) is 29.3 Å². The zero-order valence-electron chi connectivity index (χ0n) is 11.7. The molecule has 0 aromatic heterocycles. The van der Waals surface area contributed by atoms with Crippen LogP contribution in [-0.4, -0.2) is 12.4 Å². The Labute approximate surface area is 110 Å². The van der Waals surface area contributed by atoms with Crippen LogP contribution in [0.3, 0.4) is 0 Å². The summed E-state index contributed by atoms with van der Waals surface area (Å²) in [5.74, 6) is 0.943. The van der Waals surface area contributed by atoms with Crippen LogP contribution in [0.15, 0.2) is 18.2 Å². The first kappa shape index (κ1) is 13.4. The van der Waals surface area contributed by atoms with Gasteiger partial charge in [-0.1, -0.05) is 31.4 Å². The molecule has 1 aromatic rings. The van der Waals surface area contributed by atoms with Gasteiger partial charge < -0.3 is 9.47 Å². The zero-order chi connectivity index (χ0) is 13.0. The highest BCUT2D eigenvalue weighted by Crippen LogP contribution is 2.24. The van der Waals surface area contributed by atoms with Crippen LogP contribution in [0.25, 0.3) is 0 Å². The second-order valence-corrected chi connectivity index (χ2v) is 5.35. The summed E-state index contributed by atoms with van der Waals surface area (Å²) in [6.45, 7) is 6.15. The Balaban J connectivity index is 1.89. The van der Waals surface area contributed by atoms with Crippen LogP contribution in [0, 0.1) is 13.8 Å². The van der Waals surface area contributed by atoms with Crippen molar-refractivity contribution < 1.29 is 9.47 Å². The number of benzene rings is 1. The predicted molar refractivity (Wildman–Crippen MR) is 74.0 cm³/mol. The van der Waals surface area contributed by atoms with Gasteiger partial charge in [-0.15, -0.1) is 0 Å². The molecule has 1 aliphatic rings. The molecule has 1 fully saturated rings. The molecule has 100 valence electrons. The average Bonchev–Trinajstić information content (AvgIpc) is 2.35. The molecule has 18 heavy (non-hydrogen) atoms. The lowest BCUT2D eigenvalue weighted by Gasteiger charge is -2.26. The van der Waals surface area contributed by atoms with Gasteiger partial charge in [0.2, 0.25) is 0 Å². The molecule has 0 aliphatic heterocycles. The third-order valence-electron chi connectivity index (χ3n) is 3.57. The van der Waals surface area contributed by atoms with Gasteiger partial charge >= 0.3 is 0 Å². The molecule has 0 radical (unpaired) electrons. The molecule has 2 nitrogen and oxygen atoms in total. The van der Waals surface area contributed by atoms with E-state index in [4.69, 9.17) is 9.47 Å². The summed E-state index contributed by atoms with van der Waals surface area (Å²) in [6.07, 6.45) is 6.53. The van der Waals surface area contributed by atoms with Crippen molar-refractivity contribution in [2.24, 2.45) is 0 Å². The van der Waals surface area contributed by atoms with Crippen LogP contribution in [0.4, 0.5) is 0 Å². The van der Waals surface area contributed by atoms with Crippen LogP contribution < -0.4 is 4.74 Å². The Hall–Kier alpha value is -1.02. The number of hydrogen-bond donors (Lipinski definition) is 0. The Morgan fingerprint density at radius 2 is 1.83 bits per heavy atom. The van der Waals surface area contributed by atoms with Crippen molar-refractivity contribution >= 4 is 0 Å². The van der Waals surface area contributed by atoms with Gasteiger partial charge in [0, 0.05) is 0 Å². The van der Waals surface area contributed by atoms with E-state index < -0.39 is 0 Å². The second-order valence-electron chi connectivity index (χ2n) is 5.35. The predicted octanol–water partition coefficient (Wildman–Crippen LogP) is 4.38. The Morgan fingerprint density at radius 1 is 1.11 bits per heavy atom. The molecule has 1 saturated carbocycles. The minimum Gasteiger partial charge on any atom is -0.465 e. The third kappa shape index (κ3) is 3.74. The number of rotatable bonds is 4. The van der Waals surface area contributed by atoms with Crippen molar-refractivity contribution in [2.45, 2.75) is 65.3 Å². The standard InChI is InChI=1S/C16H24O2/c1-12-9-10-13(2)16(11-12)18-14(3)17-15-7-5-4-6-8-15/h9-11,14-15H,4-8H2,1-3H3. The second kappa shape index (κ2) is 6.24. The minimum absolute atomic E-state index is 0.159. The van der Waals surface area contributed by atoms with E-state index in [1.807, 2.05) is 6.92 Å². The number of ether oxygens (including phenoxy) is 2. The fourth-order valence-electron chi connectivity index (χ4n) is 2.51. The number of aryl methyl sites for hydroxylation is 2. The highest BCUT2D eigenvalue weighted by molar-refractivity contribution is 5.35. The topological polar surface area (TPSA) is 18.5 Å². The summed E-state index contributed by atoms with van der Waals surface area (Å²) >= 11 is 0. The first-order chi connectivity index (χ1) is 8.65. The summed E-state index contributed by atoms with van der Waals surface area (Å²) in [4.78, 5) is 0. The van der Waals surface area contributed by atoms with Crippen molar-refractivity contribution in [3.63, 3.8) is 0 Å². The van der Waals surface area contributed by atoms with Crippen LogP contribution in [0.5, 0.6) is 5.75 Å². The van der Waals surface area contributed by atoms with Gasteiger partial charge in [-0.3, -0.25) is 0 Å². The first-order valence-corrected chi connectivity index (χ1v) is 7.04. The summed E-state index contributed by atoms with van der Waals surface area (Å²) in [7, 11) is 0. The molecular weight excluding hydrogens is 224 g/mol. The molecule has 0 heterocycles. The van der Waals surface area contributed by atoms with E-state index >= 15 is 0 Å². The minimum atomic E-state index is -0.159. The lowest BCUT2D eigenvalue weighted by molar-refractivity contribution is -0.117. The lowest BCUT2D eigenvalue weighted by Crippen LogP contribution is -2.26. The normalized spacial score (nSPS) is 18.6. The smallest absolute Gasteiger partial charge is 0.197 e. The van der Waals surface area contributed by atoms with E-state index in [1.54, 1.807) is 0 Å². The van der Waals surface area contributed by atoms with E-state index in [-0.39, 0.29) is 6.29 Å². The van der Waals surface area contributed by atoms with Crippen LogP contribution in [-0.2, 0) is 4.74 Å². The fourth-order valence-corrected chi connectivity index (χ4v) is 2.51. The van der Waals surface area contributed by atoms with Gasteiger partial charge in [0.25, 0.3) is 0 Å². The zero-order valence-corrected chi connectivity index (χ0v) is 11.7. The quantitative estimate of drug-likeness (QED) is 0.736. The monoisotopic (exact) mass is 248 g/mol. The molecule has 0 spiro atoms. The van der Waals surface area contributed by atoms with Crippen molar-refractivity contribution in [1.82, 2.24) is 0 Å². The van der Waals surface area contributed by atoms with Gasteiger partial charge in [0.15, 0.2) is 6.29 Å². The molecule has 0 N–H and O–H groups in total. The van der Waals surface area contributed by atoms with Crippen LogP contribution in [0.2, 0.25) is 0 Å². The Bertz CT molecular complexity index is 381. The molecule has 0 amide bonds. The van der Waals surface area contributed by atoms with Crippen molar-refractivity contribution in [3.8, 4) is 5.75 Å². The van der Waals surface area contributed by atoms with Crippen molar-refractivity contribution in [1.29, 1.82) is 0 Å². The van der Waals surface area contributed by atoms with Gasteiger partial charge in [-0.25, -0.2) is 0 Å². The van der Waals surface area contributed by atoms with Gasteiger partial charge in [-0.05, 0) is 50.8 Å². The van der Waals surface area contributed by atoms with Crippen molar-refractivity contribution in [2.75, 3.05) is 0 Å². The molecular formula is C16H24O2. The third-order valence-corrected chi connectivity index (χ3v) is 3.57. The van der Waals surface area contributed by atoms with Gasteiger partial charge in [0.05, 0.1) is 6.10 Å². The van der Waals surface area contributed by atoms with Gasteiger partial charge in [0.1, 0.15) is 5.75 Å². The van der Waals surface area contributed by atoms with Crippen LogP contribution >= 0.6 is 0 Å². The molecule has 2 heteroatoms. The highest BCUT2D eigenvalue weighted by atomic mass is 16.7. The van der Waals surface area contributed by atoms with E-state index in [9.17, 15) is 0 Å². The van der Waals surface area contributed by atoms with Crippen LogP contribution in [0.1, 0.15) is 50.2 Å². The maximum absolute atomic E-state index is 5.97. The molecule has 1 aromatic carbocycles. The first-order valence-electron chi connectivity index (χ1n) is 7.04. The summed E-state index contributed by atoms with van der Waals surface area (Å²) in [5.41, 5.74) is 2.39. The highest BCUT2D eigenvalue weighted by Gasteiger charge is 2.17. The van der Waals surface area contributed by atoms with E-state index in [2.05, 4.69) is 32.0 Å². The summed E-state index contributed by atoms with van der Waals surface area (Å²) in [5, 5.41) is 0. The largest absolute Gasteiger partial charge is 0.465 e. The van der Waals surface area contributed by atoms with E-state index in [1.165, 1.54) is 43.2 Å². The summed E-state index contributed by atoms with van der Waals surface area (Å²) in [6, 6.07) is 6.28. The molecule has 0 bridgehead atoms. The molecule has 1 unspecified atom stereocenters. The maximum atomic E-state index is 5.97. The molecule has 0 saturated heterocycles. The lowest BCUT2D eigenvalue weighted by atomic mass is 9.98. The number of hydrogen-bond acceptors (Lipinski definition) is 2. The Morgan fingerprint density at radius 3 is 2.56 bits per heavy atom. The SMILES string of the molecule is Cc1ccc(C)c(OC(C)OC2CCCCC2)c1. The van der Waals surface area contributed by atoms with Gasteiger partial charge in [-0.2, -0.15) is 0 Å². The fraction of sp³-hybridized carbons (Fsp3) is 0.625. The molecule has 1 atom stereocenters. The average molecular weight is 248 g/mol. The Kier molecular flexibility index (Phi) is 4.65. The van der Waals surface area contributed by atoms with E-state index in [0.717, 1.165) is 5.75 Å². The molecule has 1 aliphatic carbocycles.